The lowest BCUT2D eigenvalue weighted by molar-refractivity contribution is 0.404. The third-order valence-corrected chi connectivity index (χ3v) is 4.93. The molecule has 6 heteroatoms. The zero-order valence-electron chi connectivity index (χ0n) is 15.0. The van der Waals surface area contributed by atoms with Crippen molar-refractivity contribution in [3.8, 4) is 28.4 Å². The molecule has 5 nitrogen and oxygen atoms in total. The minimum atomic E-state index is 0.720. The molecule has 1 N–H and O–H groups in total. The van der Waals surface area contributed by atoms with Gasteiger partial charge >= 0.3 is 0 Å². The van der Waals surface area contributed by atoms with Crippen molar-refractivity contribution in [1.82, 2.24) is 9.78 Å². The van der Waals surface area contributed by atoms with Crippen molar-refractivity contribution in [3.05, 3.63) is 52.5 Å². The fraction of sp³-hybridized carbons (Fsp3) is 0.250. The van der Waals surface area contributed by atoms with Crippen LogP contribution in [0, 0.1) is 6.92 Å². The molecule has 4 rings (SSSR count). The molecule has 134 valence electrons. The van der Waals surface area contributed by atoms with Gasteiger partial charge in [-0.25, -0.2) is 4.68 Å². The smallest absolute Gasteiger partial charge is 0.133 e. The number of benzene rings is 2. The van der Waals surface area contributed by atoms with Crippen molar-refractivity contribution in [2.24, 2.45) is 0 Å². The third kappa shape index (κ3) is 2.69. The predicted molar refractivity (Wildman–Crippen MR) is 104 cm³/mol. The molecule has 2 aromatic carbocycles. The van der Waals surface area contributed by atoms with E-state index in [9.17, 15) is 0 Å². The first kappa shape index (κ1) is 16.8. The molecular weight excluding hydrogens is 350 g/mol. The van der Waals surface area contributed by atoms with E-state index in [1.54, 1.807) is 14.2 Å². The lowest BCUT2D eigenvalue weighted by Crippen LogP contribution is -2.05. The fourth-order valence-corrected chi connectivity index (χ4v) is 3.65. The van der Waals surface area contributed by atoms with Gasteiger partial charge in [-0.15, -0.1) is 0 Å². The number of aryl methyl sites for hydroxylation is 1. The number of nitrogens with one attached hydrogen (secondary N) is 1. The van der Waals surface area contributed by atoms with Crippen LogP contribution in [0.2, 0.25) is 5.02 Å². The summed E-state index contributed by atoms with van der Waals surface area (Å²) in [5.74, 6) is 2.58. The Morgan fingerprint density at radius 2 is 1.96 bits per heavy atom. The maximum absolute atomic E-state index is 6.12. The molecule has 3 aromatic rings. The van der Waals surface area contributed by atoms with E-state index in [2.05, 4.69) is 5.32 Å². The zero-order chi connectivity index (χ0) is 18.3. The first-order chi connectivity index (χ1) is 12.6. The van der Waals surface area contributed by atoms with E-state index >= 15 is 0 Å². The van der Waals surface area contributed by atoms with Crippen molar-refractivity contribution in [2.45, 2.75) is 13.3 Å². The van der Waals surface area contributed by atoms with Crippen LogP contribution in [0.1, 0.15) is 11.1 Å². The second-order valence-electron chi connectivity index (χ2n) is 6.26. The summed E-state index contributed by atoms with van der Waals surface area (Å²) in [6.07, 6.45) is 0.914. The van der Waals surface area contributed by atoms with Gasteiger partial charge in [-0.3, -0.25) is 0 Å². The Morgan fingerprint density at radius 1 is 1.12 bits per heavy atom. The first-order valence-corrected chi connectivity index (χ1v) is 8.85. The lowest BCUT2D eigenvalue weighted by Gasteiger charge is -2.11. The Kier molecular flexibility index (Phi) is 4.24. The monoisotopic (exact) mass is 369 g/mol. The SMILES string of the molecule is COc1ccc(OC)c(-c2nn(-c3ccc(Cl)cc3C)c3c2CCN3)c1. The van der Waals surface area contributed by atoms with Gasteiger partial charge in [0.2, 0.25) is 0 Å². The van der Waals surface area contributed by atoms with Crippen LogP contribution < -0.4 is 14.8 Å². The van der Waals surface area contributed by atoms with Crippen molar-refractivity contribution < 1.29 is 9.47 Å². The molecule has 0 spiro atoms. The molecule has 0 atom stereocenters. The number of anilines is 1. The Hall–Kier alpha value is -2.66. The van der Waals surface area contributed by atoms with Crippen LogP contribution in [0.5, 0.6) is 11.5 Å². The summed E-state index contributed by atoms with van der Waals surface area (Å²) >= 11 is 6.12. The van der Waals surface area contributed by atoms with Crippen molar-refractivity contribution in [1.29, 1.82) is 0 Å². The number of halogens is 1. The van der Waals surface area contributed by atoms with E-state index < -0.39 is 0 Å². The number of fused-ring (bicyclic) bond motifs is 1. The average Bonchev–Trinajstić information content (AvgIpc) is 3.24. The Bertz CT molecular complexity index is 981. The van der Waals surface area contributed by atoms with Crippen molar-refractivity contribution in [2.75, 3.05) is 26.1 Å². The van der Waals surface area contributed by atoms with Crippen LogP contribution in [-0.4, -0.2) is 30.5 Å². The quantitative estimate of drug-likeness (QED) is 0.736. The highest BCUT2D eigenvalue weighted by atomic mass is 35.5. The minimum absolute atomic E-state index is 0.720. The van der Waals surface area contributed by atoms with Gasteiger partial charge in [-0.2, -0.15) is 5.10 Å². The number of nitrogens with zero attached hydrogens (tertiary/aromatic N) is 2. The standard InChI is InChI=1S/C20H20ClN3O2/c1-12-10-13(21)4-6-17(12)24-20-15(8-9-22-20)19(23-24)16-11-14(25-2)5-7-18(16)26-3/h4-7,10-11,22H,8-9H2,1-3H3. The van der Waals surface area contributed by atoms with Gasteiger partial charge in [0, 0.05) is 22.7 Å². The number of hydrogen-bond donors (Lipinski definition) is 1. The molecule has 1 aromatic heterocycles. The summed E-state index contributed by atoms with van der Waals surface area (Å²) in [6, 6.07) is 11.6. The van der Waals surface area contributed by atoms with Crippen molar-refractivity contribution in [3.63, 3.8) is 0 Å². The van der Waals surface area contributed by atoms with Crippen LogP contribution in [0.3, 0.4) is 0 Å². The van der Waals surface area contributed by atoms with Crippen molar-refractivity contribution >= 4 is 17.4 Å². The van der Waals surface area contributed by atoms with Gasteiger partial charge in [0.05, 0.1) is 19.9 Å². The summed E-state index contributed by atoms with van der Waals surface area (Å²) in [5.41, 5.74) is 5.10. The maximum Gasteiger partial charge on any atom is 0.133 e. The second-order valence-corrected chi connectivity index (χ2v) is 6.70. The molecule has 0 radical (unpaired) electrons. The Balaban J connectivity index is 1.93. The van der Waals surface area contributed by atoms with E-state index in [0.717, 1.165) is 57.8 Å². The van der Waals surface area contributed by atoms with E-state index in [0.29, 0.717) is 0 Å². The molecule has 1 aliphatic heterocycles. The van der Waals surface area contributed by atoms with Gasteiger partial charge < -0.3 is 14.8 Å². The van der Waals surface area contributed by atoms with Gasteiger partial charge in [-0.1, -0.05) is 11.6 Å². The number of hydrogen-bond acceptors (Lipinski definition) is 4. The maximum atomic E-state index is 6.12. The largest absolute Gasteiger partial charge is 0.497 e. The van der Waals surface area contributed by atoms with E-state index in [-0.39, 0.29) is 0 Å². The normalized spacial score (nSPS) is 12.6. The summed E-state index contributed by atoms with van der Waals surface area (Å²) in [4.78, 5) is 0. The molecule has 0 saturated heterocycles. The third-order valence-electron chi connectivity index (χ3n) is 4.70. The highest BCUT2D eigenvalue weighted by Crippen LogP contribution is 2.40. The second kappa shape index (κ2) is 6.57. The van der Waals surface area contributed by atoms with Gasteiger partial charge in [0.1, 0.15) is 23.0 Å². The predicted octanol–water partition coefficient (Wildman–Crippen LogP) is 4.49. The molecular formula is C20H20ClN3O2. The van der Waals surface area contributed by atoms with Gasteiger partial charge in [0.25, 0.3) is 0 Å². The summed E-state index contributed by atoms with van der Waals surface area (Å²) in [7, 11) is 3.33. The molecule has 0 aliphatic carbocycles. The van der Waals surface area contributed by atoms with E-state index in [1.165, 1.54) is 5.56 Å². The summed E-state index contributed by atoms with van der Waals surface area (Å²) < 4.78 is 12.9. The first-order valence-electron chi connectivity index (χ1n) is 8.47. The van der Waals surface area contributed by atoms with Gasteiger partial charge in [-0.05, 0) is 55.3 Å². The Labute approximate surface area is 157 Å². The molecule has 0 unspecified atom stereocenters. The van der Waals surface area contributed by atoms with E-state index in [4.69, 9.17) is 26.2 Å². The Morgan fingerprint density at radius 3 is 2.69 bits per heavy atom. The van der Waals surface area contributed by atoms with Crippen LogP contribution in [0.4, 0.5) is 5.82 Å². The van der Waals surface area contributed by atoms with Crippen LogP contribution in [-0.2, 0) is 6.42 Å². The number of aromatic nitrogens is 2. The summed E-state index contributed by atoms with van der Waals surface area (Å²) in [5, 5.41) is 9.10. The topological polar surface area (TPSA) is 48.3 Å². The fourth-order valence-electron chi connectivity index (χ4n) is 3.42. The van der Waals surface area contributed by atoms with E-state index in [1.807, 2.05) is 48.0 Å². The molecule has 0 saturated carbocycles. The molecule has 1 aliphatic rings. The molecule has 0 fully saturated rings. The minimum Gasteiger partial charge on any atom is -0.497 e. The number of methoxy groups -OCH3 is 2. The molecule has 2 heterocycles. The van der Waals surface area contributed by atoms with Crippen LogP contribution in [0.15, 0.2) is 36.4 Å². The van der Waals surface area contributed by atoms with Crippen LogP contribution in [0.25, 0.3) is 16.9 Å². The number of ether oxygens (including phenoxy) is 2. The lowest BCUT2D eigenvalue weighted by atomic mass is 10.1. The molecule has 0 amide bonds. The average molecular weight is 370 g/mol. The summed E-state index contributed by atoms with van der Waals surface area (Å²) in [6.45, 7) is 2.93. The van der Waals surface area contributed by atoms with Gasteiger partial charge in [0.15, 0.2) is 0 Å². The highest BCUT2D eigenvalue weighted by molar-refractivity contribution is 6.30. The molecule has 26 heavy (non-hydrogen) atoms. The zero-order valence-corrected chi connectivity index (χ0v) is 15.7. The number of rotatable bonds is 4. The highest BCUT2D eigenvalue weighted by Gasteiger charge is 2.26. The van der Waals surface area contributed by atoms with Crippen LogP contribution >= 0.6 is 11.6 Å². The molecule has 0 bridgehead atoms.